The highest BCUT2D eigenvalue weighted by molar-refractivity contribution is 6.12. The van der Waals surface area contributed by atoms with Crippen LogP contribution in [0.2, 0.25) is 0 Å². The Hall–Kier alpha value is -4.66. The van der Waals surface area contributed by atoms with Crippen LogP contribution in [0.15, 0.2) is 66.7 Å². The third kappa shape index (κ3) is 4.29. The molecular formula is C28H23FN4O4. The minimum atomic E-state index is -0.451. The molecule has 6 rings (SSSR count). The molecule has 2 amide bonds. The molecule has 1 aliphatic heterocycles. The number of ether oxygens (including phenoxy) is 2. The van der Waals surface area contributed by atoms with Crippen LogP contribution in [0.3, 0.4) is 0 Å². The molecular weight excluding hydrogens is 475 g/mol. The second-order valence-corrected chi connectivity index (χ2v) is 8.80. The lowest BCUT2D eigenvalue weighted by Crippen LogP contribution is -2.20. The quantitative estimate of drug-likeness (QED) is 0.413. The highest BCUT2D eigenvalue weighted by atomic mass is 19.1. The van der Waals surface area contributed by atoms with Crippen LogP contribution in [0.5, 0.6) is 11.5 Å². The van der Waals surface area contributed by atoms with E-state index in [2.05, 4.69) is 15.7 Å². The van der Waals surface area contributed by atoms with Crippen molar-refractivity contribution in [3.8, 4) is 17.2 Å². The Morgan fingerprint density at radius 1 is 0.865 bits per heavy atom. The summed E-state index contributed by atoms with van der Waals surface area (Å²) in [6.45, 7) is 0.920. The number of para-hydroxylation sites is 2. The maximum Gasteiger partial charge on any atom is 0.276 e. The molecule has 0 saturated heterocycles. The van der Waals surface area contributed by atoms with Crippen LogP contribution < -0.4 is 20.1 Å². The Kier molecular flexibility index (Phi) is 5.80. The van der Waals surface area contributed by atoms with E-state index in [1.807, 2.05) is 0 Å². The lowest BCUT2D eigenvalue weighted by Gasteiger charge is -2.19. The molecule has 0 radical (unpaired) electrons. The molecule has 0 atom stereocenters. The number of hydrogen-bond donors (Lipinski definition) is 2. The number of halogens is 1. The maximum absolute atomic E-state index is 14.5. The molecule has 8 nitrogen and oxygen atoms in total. The van der Waals surface area contributed by atoms with E-state index in [9.17, 15) is 14.0 Å². The van der Waals surface area contributed by atoms with Gasteiger partial charge in [0, 0.05) is 23.0 Å². The van der Waals surface area contributed by atoms with Gasteiger partial charge in [-0.3, -0.25) is 9.59 Å². The first-order valence-corrected chi connectivity index (χ1v) is 12.1. The van der Waals surface area contributed by atoms with E-state index in [1.165, 1.54) is 10.7 Å². The minimum absolute atomic E-state index is 0.234. The third-order valence-corrected chi connectivity index (χ3v) is 6.45. The van der Waals surface area contributed by atoms with Crippen molar-refractivity contribution in [2.45, 2.75) is 19.3 Å². The van der Waals surface area contributed by atoms with Gasteiger partial charge in [-0.25, -0.2) is 9.07 Å². The molecule has 0 saturated carbocycles. The van der Waals surface area contributed by atoms with Gasteiger partial charge in [-0.2, -0.15) is 5.10 Å². The Morgan fingerprint density at radius 3 is 2.51 bits per heavy atom. The van der Waals surface area contributed by atoms with E-state index in [0.29, 0.717) is 54.6 Å². The fourth-order valence-corrected chi connectivity index (χ4v) is 4.73. The zero-order chi connectivity index (χ0) is 25.4. The van der Waals surface area contributed by atoms with Crippen molar-refractivity contribution in [2.24, 2.45) is 0 Å². The summed E-state index contributed by atoms with van der Waals surface area (Å²) in [4.78, 5) is 26.5. The smallest absolute Gasteiger partial charge is 0.276 e. The molecule has 1 aliphatic carbocycles. The van der Waals surface area contributed by atoms with Crippen LogP contribution in [-0.4, -0.2) is 34.8 Å². The molecule has 0 fully saturated rings. The number of fused-ring (bicyclic) bond motifs is 2. The van der Waals surface area contributed by atoms with Gasteiger partial charge < -0.3 is 20.1 Å². The molecule has 9 heteroatoms. The number of amides is 2. The van der Waals surface area contributed by atoms with Crippen LogP contribution in [-0.2, 0) is 12.8 Å². The van der Waals surface area contributed by atoms with E-state index in [4.69, 9.17) is 9.47 Å². The zero-order valence-electron chi connectivity index (χ0n) is 19.8. The first kappa shape index (κ1) is 22.8. The Labute approximate surface area is 212 Å². The molecule has 4 aromatic rings. The Bertz CT molecular complexity index is 1530. The number of aromatic nitrogens is 2. The van der Waals surface area contributed by atoms with Gasteiger partial charge in [0.05, 0.1) is 11.3 Å². The predicted molar refractivity (Wildman–Crippen MR) is 135 cm³/mol. The number of anilines is 2. The average Bonchev–Trinajstić information content (AvgIpc) is 3.53. The van der Waals surface area contributed by atoms with E-state index < -0.39 is 17.6 Å². The van der Waals surface area contributed by atoms with Crippen molar-refractivity contribution in [3.05, 3.63) is 95.1 Å². The summed E-state index contributed by atoms with van der Waals surface area (Å²) in [5.41, 5.74) is 3.35. The lowest BCUT2D eigenvalue weighted by atomic mass is 10.1. The zero-order valence-corrected chi connectivity index (χ0v) is 19.8. The van der Waals surface area contributed by atoms with E-state index in [1.54, 1.807) is 60.7 Å². The van der Waals surface area contributed by atoms with Crippen molar-refractivity contribution in [1.29, 1.82) is 0 Å². The number of nitrogens with one attached hydrogen (secondary N) is 2. The fraction of sp³-hybridized carbons (Fsp3) is 0.179. The highest BCUT2D eigenvalue weighted by Crippen LogP contribution is 2.33. The summed E-state index contributed by atoms with van der Waals surface area (Å²) in [5, 5.41) is 10.2. The first-order chi connectivity index (χ1) is 18.1. The first-order valence-electron chi connectivity index (χ1n) is 12.1. The summed E-state index contributed by atoms with van der Waals surface area (Å²) < 4.78 is 27.1. The van der Waals surface area contributed by atoms with E-state index in [-0.39, 0.29) is 11.3 Å². The molecule has 3 aromatic carbocycles. The normalized spacial score (nSPS) is 13.6. The van der Waals surface area contributed by atoms with E-state index >= 15 is 0 Å². The van der Waals surface area contributed by atoms with Crippen molar-refractivity contribution >= 4 is 23.2 Å². The van der Waals surface area contributed by atoms with E-state index in [0.717, 1.165) is 17.7 Å². The monoisotopic (exact) mass is 498 g/mol. The van der Waals surface area contributed by atoms with Gasteiger partial charge in [0.2, 0.25) is 0 Å². The number of carbonyl (C=O) groups is 2. The summed E-state index contributed by atoms with van der Waals surface area (Å²) >= 11 is 0. The minimum Gasteiger partial charge on any atom is -0.486 e. The number of hydrogen-bond acceptors (Lipinski definition) is 5. The van der Waals surface area contributed by atoms with Gasteiger partial charge in [0.15, 0.2) is 17.2 Å². The maximum atomic E-state index is 14.5. The number of carbonyl (C=O) groups excluding carboxylic acids is 2. The molecule has 1 aromatic heterocycles. The van der Waals surface area contributed by atoms with Gasteiger partial charge in [-0.15, -0.1) is 0 Å². The van der Waals surface area contributed by atoms with Crippen molar-refractivity contribution in [3.63, 3.8) is 0 Å². The van der Waals surface area contributed by atoms with Crippen LogP contribution in [0.25, 0.3) is 5.69 Å². The lowest BCUT2D eigenvalue weighted by molar-refractivity contribution is 0.102. The van der Waals surface area contributed by atoms with Gasteiger partial charge in [0.1, 0.15) is 24.7 Å². The number of benzene rings is 3. The van der Waals surface area contributed by atoms with Gasteiger partial charge in [-0.05, 0) is 55.7 Å². The van der Waals surface area contributed by atoms with Crippen molar-refractivity contribution < 1.29 is 23.5 Å². The molecule has 2 aliphatic rings. The molecule has 0 bridgehead atoms. The molecule has 0 unspecified atom stereocenters. The SMILES string of the molecule is O=C(Nc1ccc2c(c1)OCCO2)c1ccccc1NC(=O)c1nn(-c2ccccc2F)c2c1CCC2. The van der Waals surface area contributed by atoms with Crippen LogP contribution in [0, 0.1) is 5.82 Å². The Morgan fingerprint density at radius 2 is 1.65 bits per heavy atom. The van der Waals surface area contributed by atoms with Crippen LogP contribution in [0.1, 0.15) is 38.5 Å². The topological polar surface area (TPSA) is 94.5 Å². The van der Waals surface area contributed by atoms with Crippen LogP contribution >= 0.6 is 0 Å². The summed E-state index contributed by atoms with van der Waals surface area (Å²) in [7, 11) is 0. The second-order valence-electron chi connectivity index (χ2n) is 8.80. The summed E-state index contributed by atoms with van der Waals surface area (Å²) in [5.74, 6) is -0.0699. The molecule has 0 spiro atoms. The molecule has 186 valence electrons. The molecule has 2 heterocycles. The van der Waals surface area contributed by atoms with Crippen molar-refractivity contribution in [2.75, 3.05) is 23.8 Å². The van der Waals surface area contributed by atoms with Crippen LogP contribution in [0.4, 0.5) is 15.8 Å². The fourth-order valence-electron chi connectivity index (χ4n) is 4.73. The standard InChI is InChI=1S/C28H23FN4O4/c29-20-8-2-4-10-23(20)33-22-11-5-7-19(22)26(32-33)28(35)31-21-9-3-1-6-18(21)27(34)30-17-12-13-24-25(16-17)37-15-14-36-24/h1-4,6,8-10,12-13,16H,5,7,11,14-15H2,(H,30,34)(H,31,35). The summed E-state index contributed by atoms with van der Waals surface area (Å²) in [6, 6.07) is 18.3. The highest BCUT2D eigenvalue weighted by Gasteiger charge is 2.28. The summed E-state index contributed by atoms with van der Waals surface area (Å²) in [6.07, 6.45) is 2.24. The van der Waals surface area contributed by atoms with Gasteiger partial charge in [-0.1, -0.05) is 24.3 Å². The van der Waals surface area contributed by atoms with Crippen molar-refractivity contribution in [1.82, 2.24) is 9.78 Å². The third-order valence-electron chi connectivity index (χ3n) is 6.45. The number of rotatable bonds is 5. The molecule has 37 heavy (non-hydrogen) atoms. The largest absolute Gasteiger partial charge is 0.486 e. The van der Waals surface area contributed by atoms with Gasteiger partial charge in [0.25, 0.3) is 11.8 Å². The second kappa shape index (κ2) is 9.42. The molecule has 2 N–H and O–H groups in total. The average molecular weight is 499 g/mol. The van der Waals surface area contributed by atoms with Gasteiger partial charge >= 0.3 is 0 Å². The Balaban J connectivity index is 1.26. The predicted octanol–water partition coefficient (Wildman–Crippen LogP) is 4.78. The number of nitrogens with zero attached hydrogens (tertiary/aromatic N) is 2.